The van der Waals surface area contributed by atoms with Crippen LogP contribution >= 0.6 is 35.0 Å². The highest BCUT2D eigenvalue weighted by Gasteiger charge is 2.29. The summed E-state index contributed by atoms with van der Waals surface area (Å²) in [5.41, 5.74) is 1.76. The van der Waals surface area contributed by atoms with Crippen LogP contribution in [0, 0.1) is 0 Å². The molecule has 3 rings (SSSR count). The van der Waals surface area contributed by atoms with Gasteiger partial charge in [-0.3, -0.25) is 0 Å². The summed E-state index contributed by atoms with van der Waals surface area (Å²) in [5.74, 6) is 2.50. The van der Waals surface area contributed by atoms with E-state index < -0.39 is 0 Å². The zero-order chi connectivity index (χ0) is 14.1. The van der Waals surface area contributed by atoms with Gasteiger partial charge in [0.05, 0.1) is 10.9 Å². The van der Waals surface area contributed by atoms with E-state index in [1.54, 1.807) is 6.20 Å². The highest BCUT2D eigenvalue weighted by molar-refractivity contribution is 7.99. The number of fused-ring (bicyclic) bond motifs is 1. The van der Waals surface area contributed by atoms with Crippen LogP contribution in [-0.2, 0) is 5.88 Å². The van der Waals surface area contributed by atoms with E-state index in [-0.39, 0.29) is 0 Å². The molecule has 2 heterocycles. The second-order valence-corrected chi connectivity index (χ2v) is 7.35. The molecule has 1 fully saturated rings. The predicted molar refractivity (Wildman–Crippen MR) is 86.9 cm³/mol. The Bertz CT molecular complexity index is 614. The quantitative estimate of drug-likeness (QED) is 0.763. The summed E-state index contributed by atoms with van der Waals surface area (Å²) in [6.45, 7) is 2.22. The van der Waals surface area contributed by atoms with Gasteiger partial charge in [0, 0.05) is 17.5 Å². The first-order valence-corrected chi connectivity index (χ1v) is 8.89. The summed E-state index contributed by atoms with van der Waals surface area (Å²) in [7, 11) is 0. The maximum Gasteiger partial charge on any atom is 0.160 e. The molecular weight excluding hydrogens is 313 g/mol. The van der Waals surface area contributed by atoms with Gasteiger partial charge in [0.15, 0.2) is 5.65 Å². The molecule has 0 bridgehead atoms. The van der Waals surface area contributed by atoms with Crippen molar-refractivity contribution >= 4 is 46.1 Å². The fourth-order valence-electron chi connectivity index (χ4n) is 3.02. The monoisotopic (exact) mass is 329 g/mol. The highest BCUT2D eigenvalue weighted by atomic mass is 35.5. The van der Waals surface area contributed by atoms with Gasteiger partial charge in [0.25, 0.3) is 0 Å². The number of imidazole rings is 1. The minimum atomic E-state index is 0.413. The van der Waals surface area contributed by atoms with E-state index in [1.165, 1.54) is 25.0 Å². The Balaban J connectivity index is 1.98. The Labute approximate surface area is 133 Å². The van der Waals surface area contributed by atoms with Crippen molar-refractivity contribution < 1.29 is 0 Å². The minimum absolute atomic E-state index is 0.413. The molecule has 2 atom stereocenters. The zero-order valence-electron chi connectivity index (χ0n) is 11.4. The molecule has 0 spiro atoms. The maximum atomic E-state index is 6.07. The van der Waals surface area contributed by atoms with Gasteiger partial charge in [-0.25, -0.2) is 9.97 Å². The number of pyridine rings is 1. The van der Waals surface area contributed by atoms with Crippen LogP contribution in [0.1, 0.15) is 38.1 Å². The molecule has 108 valence electrons. The third-order valence-corrected chi connectivity index (χ3v) is 5.49. The van der Waals surface area contributed by atoms with Crippen molar-refractivity contribution in [1.82, 2.24) is 14.5 Å². The molecule has 0 saturated heterocycles. The van der Waals surface area contributed by atoms with Crippen molar-refractivity contribution in [2.75, 3.05) is 5.75 Å². The van der Waals surface area contributed by atoms with Crippen LogP contribution < -0.4 is 0 Å². The van der Waals surface area contributed by atoms with E-state index in [4.69, 9.17) is 23.2 Å². The van der Waals surface area contributed by atoms with E-state index in [9.17, 15) is 0 Å². The summed E-state index contributed by atoms with van der Waals surface area (Å²) in [5, 5.41) is 1.37. The molecule has 1 aliphatic carbocycles. The number of nitrogens with zero attached hydrogens (tertiary/aromatic N) is 3. The van der Waals surface area contributed by atoms with Gasteiger partial charge in [-0.2, -0.15) is 11.8 Å². The lowest BCUT2D eigenvalue weighted by Gasteiger charge is -2.15. The Kier molecular flexibility index (Phi) is 4.43. The summed E-state index contributed by atoms with van der Waals surface area (Å²) >= 11 is 14.1. The molecule has 0 amide bonds. The molecular formula is C14H17Cl2N3S. The van der Waals surface area contributed by atoms with Gasteiger partial charge < -0.3 is 4.57 Å². The number of aromatic nitrogens is 3. The fourth-order valence-corrected chi connectivity index (χ4v) is 4.49. The molecule has 3 nitrogen and oxygen atoms in total. The SMILES string of the molecule is CCSC1CCC(n2c(CCl)nc3cc(Cl)cnc32)C1. The maximum absolute atomic E-state index is 6.07. The van der Waals surface area contributed by atoms with Crippen molar-refractivity contribution in [3.8, 4) is 0 Å². The summed E-state index contributed by atoms with van der Waals surface area (Å²) in [4.78, 5) is 9.05. The van der Waals surface area contributed by atoms with Crippen LogP contribution in [0.3, 0.4) is 0 Å². The van der Waals surface area contributed by atoms with Crippen LogP contribution in [0.4, 0.5) is 0 Å². The van der Waals surface area contributed by atoms with Crippen molar-refractivity contribution in [1.29, 1.82) is 0 Å². The number of thioether (sulfide) groups is 1. The van der Waals surface area contributed by atoms with Crippen LogP contribution in [0.25, 0.3) is 11.2 Å². The van der Waals surface area contributed by atoms with Crippen LogP contribution in [-0.4, -0.2) is 25.5 Å². The minimum Gasteiger partial charge on any atom is -0.309 e. The third-order valence-electron chi connectivity index (χ3n) is 3.81. The van der Waals surface area contributed by atoms with Crippen molar-refractivity contribution in [3.05, 3.63) is 23.1 Å². The average Bonchev–Trinajstić information content (AvgIpc) is 3.02. The van der Waals surface area contributed by atoms with Crippen LogP contribution in [0.5, 0.6) is 0 Å². The van der Waals surface area contributed by atoms with Crippen molar-refractivity contribution in [2.24, 2.45) is 0 Å². The van der Waals surface area contributed by atoms with Gasteiger partial charge in [-0.1, -0.05) is 18.5 Å². The first kappa shape index (κ1) is 14.5. The Hall–Kier alpha value is -0.450. The molecule has 20 heavy (non-hydrogen) atoms. The lowest BCUT2D eigenvalue weighted by atomic mass is 10.2. The Morgan fingerprint density at radius 3 is 3.05 bits per heavy atom. The van der Waals surface area contributed by atoms with E-state index in [0.29, 0.717) is 16.9 Å². The Morgan fingerprint density at radius 2 is 2.30 bits per heavy atom. The van der Waals surface area contributed by atoms with E-state index in [2.05, 4.69) is 33.2 Å². The van der Waals surface area contributed by atoms with Crippen LogP contribution in [0.15, 0.2) is 12.3 Å². The first-order valence-electron chi connectivity index (χ1n) is 6.92. The van der Waals surface area contributed by atoms with Crippen molar-refractivity contribution in [2.45, 2.75) is 43.4 Å². The average molecular weight is 330 g/mol. The predicted octanol–water partition coefficient (Wildman–Crippen LogP) is 4.67. The van der Waals surface area contributed by atoms with E-state index in [0.717, 1.165) is 22.2 Å². The number of rotatable bonds is 4. The molecule has 6 heteroatoms. The molecule has 0 aromatic carbocycles. The first-order chi connectivity index (χ1) is 9.72. The summed E-state index contributed by atoms with van der Waals surface area (Å²) in [6.07, 6.45) is 5.31. The molecule has 0 aliphatic heterocycles. The molecule has 0 N–H and O–H groups in total. The number of halogens is 2. The smallest absolute Gasteiger partial charge is 0.160 e. The zero-order valence-corrected chi connectivity index (χ0v) is 13.7. The molecule has 1 saturated carbocycles. The van der Waals surface area contributed by atoms with Crippen LogP contribution in [0.2, 0.25) is 5.02 Å². The van der Waals surface area contributed by atoms with Gasteiger partial charge in [-0.15, -0.1) is 11.6 Å². The van der Waals surface area contributed by atoms with E-state index >= 15 is 0 Å². The standard InChI is InChI=1S/C14H17Cl2N3S/c1-2-20-11-4-3-10(6-11)19-13(7-15)18-12-5-9(16)8-17-14(12)19/h5,8,10-11H,2-4,6-7H2,1H3. The number of alkyl halides is 1. The molecule has 2 unspecified atom stereocenters. The van der Waals surface area contributed by atoms with Crippen molar-refractivity contribution in [3.63, 3.8) is 0 Å². The van der Waals surface area contributed by atoms with Gasteiger partial charge in [-0.05, 0) is 31.1 Å². The second-order valence-electron chi connectivity index (χ2n) is 5.07. The molecule has 2 aromatic rings. The van der Waals surface area contributed by atoms with Gasteiger partial charge in [0.2, 0.25) is 0 Å². The number of hydrogen-bond donors (Lipinski definition) is 0. The third kappa shape index (κ3) is 2.66. The largest absolute Gasteiger partial charge is 0.309 e. The molecule has 2 aromatic heterocycles. The number of hydrogen-bond acceptors (Lipinski definition) is 3. The fraction of sp³-hybridized carbons (Fsp3) is 0.571. The molecule has 1 aliphatic rings. The molecule has 0 radical (unpaired) electrons. The lowest BCUT2D eigenvalue weighted by Crippen LogP contribution is -2.10. The lowest BCUT2D eigenvalue weighted by molar-refractivity contribution is 0.516. The summed E-state index contributed by atoms with van der Waals surface area (Å²) in [6, 6.07) is 2.33. The second kappa shape index (κ2) is 6.12. The highest BCUT2D eigenvalue weighted by Crippen LogP contribution is 2.39. The van der Waals surface area contributed by atoms with E-state index in [1.807, 2.05) is 6.07 Å². The Morgan fingerprint density at radius 1 is 1.45 bits per heavy atom. The summed E-state index contributed by atoms with van der Waals surface area (Å²) < 4.78 is 2.23. The topological polar surface area (TPSA) is 30.7 Å². The van der Waals surface area contributed by atoms with Gasteiger partial charge in [0.1, 0.15) is 11.3 Å². The van der Waals surface area contributed by atoms with Gasteiger partial charge >= 0.3 is 0 Å². The normalized spacial score (nSPS) is 22.8.